The first-order chi connectivity index (χ1) is 12.9. The molecule has 1 aliphatic heterocycles. The molecule has 5 rings (SSSR count). The van der Waals surface area contributed by atoms with E-state index in [4.69, 9.17) is 4.74 Å². The topological polar surface area (TPSA) is 69.8 Å². The van der Waals surface area contributed by atoms with E-state index >= 15 is 0 Å². The first kappa shape index (κ1) is 16.0. The molecule has 1 aliphatic carbocycles. The quantitative estimate of drug-likeness (QED) is 0.759. The maximum Gasteiger partial charge on any atom is 0.137 e. The Hall–Kier alpha value is -2.18. The molecule has 1 saturated heterocycles. The molecule has 0 atom stereocenters. The number of morpholine rings is 1. The summed E-state index contributed by atoms with van der Waals surface area (Å²) < 4.78 is 5.50. The highest BCUT2D eigenvalue weighted by molar-refractivity contribution is 5.93. The van der Waals surface area contributed by atoms with Crippen LogP contribution in [0.15, 0.2) is 30.9 Å². The lowest BCUT2D eigenvalue weighted by atomic mass is 9.81. The lowest BCUT2D eigenvalue weighted by molar-refractivity contribution is 0.00729. The summed E-state index contributed by atoms with van der Waals surface area (Å²) in [5.74, 6) is 0.622. The number of pyridine rings is 1. The number of hydrogen-bond donors (Lipinski definition) is 2. The maximum absolute atomic E-state index is 5.50. The van der Waals surface area contributed by atoms with Crippen molar-refractivity contribution in [2.75, 3.05) is 26.3 Å². The highest BCUT2D eigenvalue weighted by atomic mass is 16.5. The Morgan fingerprint density at radius 2 is 1.88 bits per heavy atom. The first-order valence-electron chi connectivity index (χ1n) is 9.66. The lowest BCUT2D eigenvalue weighted by Gasteiger charge is -2.38. The molecule has 26 heavy (non-hydrogen) atoms. The normalized spacial score (nSPS) is 24.9. The number of aromatic amines is 2. The number of nitrogens with zero attached hydrogens (tertiary/aromatic N) is 3. The zero-order valence-corrected chi connectivity index (χ0v) is 14.9. The van der Waals surface area contributed by atoms with Crippen molar-refractivity contribution in [1.82, 2.24) is 25.1 Å². The first-order valence-corrected chi connectivity index (χ1v) is 9.66. The van der Waals surface area contributed by atoms with Gasteiger partial charge < -0.3 is 9.72 Å². The molecule has 6 heteroatoms. The molecule has 136 valence electrons. The van der Waals surface area contributed by atoms with Crippen LogP contribution in [0, 0.1) is 0 Å². The molecule has 2 fully saturated rings. The summed E-state index contributed by atoms with van der Waals surface area (Å²) in [5, 5.41) is 8.17. The Bertz CT molecular complexity index is 858. The summed E-state index contributed by atoms with van der Waals surface area (Å²) in [7, 11) is 0. The van der Waals surface area contributed by atoms with Crippen LogP contribution in [0.5, 0.6) is 0 Å². The number of nitrogens with one attached hydrogen (secondary N) is 2. The number of aromatic nitrogens is 4. The number of rotatable bonds is 3. The van der Waals surface area contributed by atoms with Crippen molar-refractivity contribution in [2.24, 2.45) is 0 Å². The van der Waals surface area contributed by atoms with Crippen molar-refractivity contribution in [2.45, 2.75) is 37.6 Å². The third-order valence-electron chi connectivity index (χ3n) is 6.09. The fourth-order valence-electron chi connectivity index (χ4n) is 4.60. The van der Waals surface area contributed by atoms with Crippen LogP contribution in [-0.2, 0) is 4.74 Å². The van der Waals surface area contributed by atoms with Gasteiger partial charge in [-0.2, -0.15) is 5.10 Å². The van der Waals surface area contributed by atoms with Crippen LogP contribution in [-0.4, -0.2) is 57.4 Å². The van der Waals surface area contributed by atoms with Crippen molar-refractivity contribution >= 4 is 11.0 Å². The molecule has 2 aliphatic rings. The van der Waals surface area contributed by atoms with E-state index in [0.29, 0.717) is 5.92 Å². The monoisotopic (exact) mass is 351 g/mol. The number of H-pyrrole nitrogens is 2. The Kier molecular flexibility index (Phi) is 4.22. The molecule has 3 aromatic rings. The average Bonchev–Trinajstić information content (AvgIpc) is 3.38. The van der Waals surface area contributed by atoms with Crippen LogP contribution in [0.1, 0.15) is 37.2 Å². The van der Waals surface area contributed by atoms with Gasteiger partial charge in [0.25, 0.3) is 0 Å². The number of ether oxygens (including phenoxy) is 1. The molecule has 3 aromatic heterocycles. The van der Waals surface area contributed by atoms with Crippen molar-refractivity contribution in [3.05, 3.63) is 36.4 Å². The van der Waals surface area contributed by atoms with Gasteiger partial charge in [0.05, 0.1) is 19.4 Å². The second kappa shape index (κ2) is 6.85. The second-order valence-corrected chi connectivity index (χ2v) is 7.51. The Morgan fingerprint density at radius 1 is 1.04 bits per heavy atom. The standard InChI is InChI=1S/C20H25N5O/c1-3-17(25-5-7-26-8-6-25)4-2-14(1)15-9-18-19(16-11-23-24-12-16)13-22-20(18)21-10-15/h9-14,17H,1-8H2,(H,21,22)(H,23,24)/t14-,17+. The maximum atomic E-state index is 5.50. The third-order valence-corrected chi connectivity index (χ3v) is 6.09. The van der Waals surface area contributed by atoms with Crippen molar-refractivity contribution in [3.8, 4) is 11.1 Å². The molecule has 0 aromatic carbocycles. The summed E-state index contributed by atoms with van der Waals surface area (Å²) in [5.41, 5.74) is 4.60. The molecule has 0 spiro atoms. The third kappa shape index (κ3) is 2.93. The molecule has 4 heterocycles. The van der Waals surface area contributed by atoms with Gasteiger partial charge in [-0.05, 0) is 43.2 Å². The summed E-state index contributed by atoms with van der Waals surface area (Å²) in [6.07, 6.45) is 13.0. The minimum absolute atomic E-state index is 0.622. The minimum atomic E-state index is 0.622. The highest BCUT2D eigenvalue weighted by Crippen LogP contribution is 2.37. The Balaban J connectivity index is 1.34. The van der Waals surface area contributed by atoms with Crippen LogP contribution >= 0.6 is 0 Å². The van der Waals surface area contributed by atoms with E-state index in [1.165, 1.54) is 42.2 Å². The molecule has 0 unspecified atom stereocenters. The van der Waals surface area contributed by atoms with Crippen LogP contribution in [0.2, 0.25) is 0 Å². The van der Waals surface area contributed by atoms with Gasteiger partial charge in [-0.3, -0.25) is 10.00 Å². The minimum Gasteiger partial charge on any atom is -0.379 e. The smallest absolute Gasteiger partial charge is 0.137 e. The van der Waals surface area contributed by atoms with E-state index in [-0.39, 0.29) is 0 Å². The van der Waals surface area contributed by atoms with Crippen molar-refractivity contribution in [1.29, 1.82) is 0 Å². The highest BCUT2D eigenvalue weighted by Gasteiger charge is 2.28. The van der Waals surface area contributed by atoms with Gasteiger partial charge in [-0.25, -0.2) is 4.98 Å². The lowest BCUT2D eigenvalue weighted by Crippen LogP contribution is -2.44. The number of hydrogen-bond acceptors (Lipinski definition) is 4. The summed E-state index contributed by atoms with van der Waals surface area (Å²) in [6.45, 7) is 3.98. The largest absolute Gasteiger partial charge is 0.379 e. The summed E-state index contributed by atoms with van der Waals surface area (Å²) in [6, 6.07) is 3.07. The molecule has 0 bridgehead atoms. The molecule has 1 saturated carbocycles. The van der Waals surface area contributed by atoms with Gasteiger partial charge in [0.15, 0.2) is 0 Å². The SMILES string of the molecule is c1n[nH]cc1-c1c[nH]c2ncc([C@H]3CC[C@@H](N4CCOCC4)CC3)cc12. The molecule has 6 nitrogen and oxygen atoms in total. The van der Waals surface area contributed by atoms with Crippen molar-refractivity contribution in [3.63, 3.8) is 0 Å². The average molecular weight is 351 g/mol. The van der Waals surface area contributed by atoms with Gasteiger partial charge in [0.1, 0.15) is 5.65 Å². The predicted octanol–water partition coefficient (Wildman–Crippen LogP) is 3.31. The van der Waals surface area contributed by atoms with Gasteiger partial charge in [-0.1, -0.05) is 0 Å². The Morgan fingerprint density at radius 3 is 2.65 bits per heavy atom. The molecule has 0 amide bonds. The molecular formula is C20H25N5O. The second-order valence-electron chi connectivity index (χ2n) is 7.51. The zero-order chi connectivity index (χ0) is 17.3. The zero-order valence-electron chi connectivity index (χ0n) is 14.9. The van der Waals surface area contributed by atoms with Crippen LogP contribution in [0.4, 0.5) is 0 Å². The van der Waals surface area contributed by atoms with E-state index < -0.39 is 0 Å². The predicted molar refractivity (Wildman–Crippen MR) is 101 cm³/mol. The Labute approximate surface area is 153 Å². The van der Waals surface area contributed by atoms with Crippen LogP contribution in [0.25, 0.3) is 22.2 Å². The van der Waals surface area contributed by atoms with E-state index in [0.717, 1.165) is 43.6 Å². The van der Waals surface area contributed by atoms with Gasteiger partial charge >= 0.3 is 0 Å². The summed E-state index contributed by atoms with van der Waals surface area (Å²) in [4.78, 5) is 10.6. The van der Waals surface area contributed by atoms with E-state index in [1.54, 1.807) is 0 Å². The van der Waals surface area contributed by atoms with E-state index in [1.807, 2.05) is 18.6 Å². The van der Waals surface area contributed by atoms with Crippen molar-refractivity contribution < 1.29 is 4.74 Å². The fourth-order valence-corrected chi connectivity index (χ4v) is 4.60. The van der Waals surface area contributed by atoms with Crippen LogP contribution in [0.3, 0.4) is 0 Å². The van der Waals surface area contributed by atoms with Gasteiger partial charge in [0.2, 0.25) is 0 Å². The fraction of sp³-hybridized carbons (Fsp3) is 0.500. The molecule has 2 N–H and O–H groups in total. The van der Waals surface area contributed by atoms with Gasteiger partial charge in [0, 0.05) is 54.2 Å². The molecule has 0 radical (unpaired) electrons. The summed E-state index contributed by atoms with van der Waals surface area (Å²) >= 11 is 0. The van der Waals surface area contributed by atoms with Crippen LogP contribution < -0.4 is 0 Å². The number of fused-ring (bicyclic) bond motifs is 1. The van der Waals surface area contributed by atoms with E-state index in [2.05, 4.69) is 37.3 Å². The van der Waals surface area contributed by atoms with E-state index in [9.17, 15) is 0 Å². The molecular weight excluding hydrogens is 326 g/mol. The van der Waals surface area contributed by atoms with Gasteiger partial charge in [-0.15, -0.1) is 0 Å².